The summed E-state index contributed by atoms with van der Waals surface area (Å²) in [5.74, 6) is 0. The van der Waals surface area contributed by atoms with Crippen LogP contribution in [0, 0.1) is 0 Å². The largest absolute Gasteiger partial charge is 0.391 e. The maximum atomic E-state index is 12.3. The highest BCUT2D eigenvalue weighted by Crippen LogP contribution is 2.31. The van der Waals surface area contributed by atoms with Crippen LogP contribution in [0.3, 0.4) is 0 Å². The highest BCUT2D eigenvalue weighted by Gasteiger charge is 2.31. The van der Waals surface area contributed by atoms with Crippen LogP contribution in [-0.4, -0.2) is 11.3 Å². The van der Waals surface area contributed by atoms with Gasteiger partial charge in [-0.15, -0.1) is 0 Å². The molecule has 0 aliphatic heterocycles. The number of rotatable bonds is 3. The van der Waals surface area contributed by atoms with E-state index in [-0.39, 0.29) is 5.56 Å². The Labute approximate surface area is 109 Å². The highest BCUT2D eigenvalue weighted by molar-refractivity contribution is 5.64. The Hall–Kier alpha value is -1.81. The Kier molecular flexibility index (Phi) is 3.90. The lowest BCUT2D eigenvalue weighted by Crippen LogP contribution is -2.13. The van der Waals surface area contributed by atoms with Crippen LogP contribution >= 0.6 is 0 Å². The third-order valence-corrected chi connectivity index (χ3v) is 2.80. The van der Waals surface area contributed by atoms with Crippen LogP contribution < -0.4 is 0 Å². The van der Waals surface area contributed by atoms with Gasteiger partial charge < -0.3 is 5.11 Å². The number of benzene rings is 2. The summed E-state index contributed by atoms with van der Waals surface area (Å²) in [4.78, 5) is 0. The van der Waals surface area contributed by atoms with E-state index in [2.05, 4.69) is 0 Å². The summed E-state index contributed by atoms with van der Waals surface area (Å²) in [5.41, 5.74) is 1.97. The third-order valence-electron chi connectivity index (χ3n) is 2.80. The van der Waals surface area contributed by atoms with Gasteiger partial charge in [0.2, 0.25) is 0 Å². The van der Waals surface area contributed by atoms with Gasteiger partial charge in [0.15, 0.2) is 0 Å². The molecule has 0 saturated heterocycles. The van der Waals surface area contributed by atoms with E-state index in [1.807, 2.05) is 30.3 Å². The fourth-order valence-electron chi connectivity index (χ4n) is 1.89. The lowest BCUT2D eigenvalue weighted by molar-refractivity contribution is -0.154. The van der Waals surface area contributed by atoms with Crippen molar-refractivity contribution in [2.45, 2.75) is 18.7 Å². The molecule has 0 heterocycles. The van der Waals surface area contributed by atoms with Gasteiger partial charge in [-0.1, -0.05) is 48.5 Å². The van der Waals surface area contributed by atoms with E-state index in [1.165, 1.54) is 6.07 Å². The van der Waals surface area contributed by atoms with E-state index in [0.717, 1.165) is 11.1 Å². The Morgan fingerprint density at radius 3 is 2.16 bits per heavy atom. The molecule has 0 spiro atoms. The molecule has 2 aromatic rings. The number of hydrogen-bond donors (Lipinski definition) is 1. The van der Waals surface area contributed by atoms with E-state index < -0.39 is 18.7 Å². The predicted molar refractivity (Wildman–Crippen MR) is 67.5 cm³/mol. The Balaban J connectivity index is 2.25. The molecule has 1 N–H and O–H groups in total. The number of halogens is 3. The van der Waals surface area contributed by atoms with Crippen LogP contribution in [0.25, 0.3) is 11.1 Å². The normalized spacial score (nSPS) is 13.3. The summed E-state index contributed by atoms with van der Waals surface area (Å²) in [5, 5.41) is 9.61. The van der Waals surface area contributed by atoms with Crippen molar-refractivity contribution >= 4 is 0 Å². The summed E-state index contributed by atoms with van der Waals surface area (Å²) in [6.45, 7) is 0. The summed E-state index contributed by atoms with van der Waals surface area (Å²) in [6.07, 6.45) is -7.13. The van der Waals surface area contributed by atoms with Crippen LogP contribution in [0.15, 0.2) is 54.6 Å². The molecule has 0 aliphatic rings. The van der Waals surface area contributed by atoms with Crippen molar-refractivity contribution in [3.05, 3.63) is 60.2 Å². The van der Waals surface area contributed by atoms with E-state index in [4.69, 9.17) is 0 Å². The molecule has 1 nitrogen and oxygen atoms in total. The topological polar surface area (TPSA) is 20.2 Å². The Morgan fingerprint density at radius 2 is 1.53 bits per heavy atom. The first-order valence-corrected chi connectivity index (χ1v) is 5.86. The second kappa shape index (κ2) is 5.45. The van der Waals surface area contributed by atoms with Crippen LogP contribution in [0.2, 0.25) is 0 Å². The summed E-state index contributed by atoms with van der Waals surface area (Å²) >= 11 is 0. The predicted octanol–water partition coefficient (Wildman–Crippen LogP) is 4.34. The van der Waals surface area contributed by atoms with Gasteiger partial charge in [0.05, 0.1) is 12.5 Å². The number of alkyl halides is 3. The molecule has 1 unspecified atom stereocenters. The van der Waals surface area contributed by atoms with Gasteiger partial charge >= 0.3 is 6.18 Å². The Morgan fingerprint density at radius 1 is 0.895 bits per heavy atom. The van der Waals surface area contributed by atoms with Gasteiger partial charge in [-0.25, -0.2) is 0 Å². The first kappa shape index (κ1) is 13.6. The number of hydrogen-bond acceptors (Lipinski definition) is 1. The van der Waals surface area contributed by atoms with Gasteiger partial charge in [-0.05, 0) is 22.8 Å². The number of aliphatic hydroxyl groups excluding tert-OH is 1. The highest BCUT2D eigenvalue weighted by atomic mass is 19.4. The van der Waals surface area contributed by atoms with E-state index in [9.17, 15) is 18.3 Å². The first-order valence-electron chi connectivity index (χ1n) is 5.86. The van der Waals surface area contributed by atoms with Gasteiger partial charge in [-0.2, -0.15) is 13.2 Å². The van der Waals surface area contributed by atoms with Crippen molar-refractivity contribution in [2.24, 2.45) is 0 Å². The molecule has 19 heavy (non-hydrogen) atoms. The molecule has 2 aromatic carbocycles. The first-order chi connectivity index (χ1) is 8.96. The minimum absolute atomic E-state index is 0.277. The third kappa shape index (κ3) is 3.83. The van der Waals surface area contributed by atoms with Gasteiger partial charge in [0, 0.05) is 0 Å². The van der Waals surface area contributed by atoms with Crippen molar-refractivity contribution in [2.75, 3.05) is 0 Å². The average Bonchev–Trinajstić information content (AvgIpc) is 2.38. The quantitative estimate of drug-likeness (QED) is 0.876. The lowest BCUT2D eigenvalue weighted by Gasteiger charge is -2.14. The molecule has 0 amide bonds. The van der Waals surface area contributed by atoms with Crippen molar-refractivity contribution in [1.29, 1.82) is 0 Å². The number of aliphatic hydroxyl groups is 1. The molecule has 0 radical (unpaired) electrons. The SMILES string of the molecule is OC(CC(F)(F)F)c1cccc(-c2ccccc2)c1. The maximum Gasteiger partial charge on any atom is 0.391 e. The van der Waals surface area contributed by atoms with Crippen molar-refractivity contribution in [3.63, 3.8) is 0 Å². The summed E-state index contributed by atoms with van der Waals surface area (Å²) in [6, 6.07) is 15.9. The average molecular weight is 266 g/mol. The molecule has 4 heteroatoms. The minimum Gasteiger partial charge on any atom is -0.388 e. The molecule has 0 bridgehead atoms. The van der Waals surface area contributed by atoms with Gasteiger partial charge in [0.1, 0.15) is 0 Å². The van der Waals surface area contributed by atoms with Crippen LogP contribution in [0.4, 0.5) is 13.2 Å². The molecule has 1 atom stereocenters. The van der Waals surface area contributed by atoms with Gasteiger partial charge in [0.25, 0.3) is 0 Å². The van der Waals surface area contributed by atoms with Crippen LogP contribution in [0.5, 0.6) is 0 Å². The van der Waals surface area contributed by atoms with E-state index in [1.54, 1.807) is 18.2 Å². The van der Waals surface area contributed by atoms with Gasteiger partial charge in [-0.3, -0.25) is 0 Å². The van der Waals surface area contributed by atoms with Crippen molar-refractivity contribution < 1.29 is 18.3 Å². The summed E-state index contributed by atoms with van der Waals surface area (Å²) < 4.78 is 36.8. The molecule has 0 fully saturated rings. The molecular weight excluding hydrogens is 253 g/mol. The van der Waals surface area contributed by atoms with Crippen molar-refractivity contribution in [3.8, 4) is 11.1 Å². The smallest absolute Gasteiger partial charge is 0.388 e. The summed E-state index contributed by atoms with van der Waals surface area (Å²) in [7, 11) is 0. The molecule has 100 valence electrons. The zero-order valence-corrected chi connectivity index (χ0v) is 10.1. The molecule has 0 aliphatic carbocycles. The lowest BCUT2D eigenvalue weighted by atomic mass is 9.99. The molecule has 2 rings (SSSR count). The maximum absolute atomic E-state index is 12.3. The monoisotopic (exact) mass is 266 g/mol. The molecule has 0 saturated carbocycles. The zero-order chi connectivity index (χ0) is 13.9. The molecule has 0 aromatic heterocycles. The second-order valence-corrected chi connectivity index (χ2v) is 4.33. The standard InChI is InChI=1S/C15H13F3O/c16-15(17,18)10-14(19)13-8-4-7-12(9-13)11-5-2-1-3-6-11/h1-9,14,19H,10H2. The fraction of sp³-hybridized carbons (Fsp3) is 0.200. The molecular formula is C15H13F3O. The fourth-order valence-corrected chi connectivity index (χ4v) is 1.89. The van der Waals surface area contributed by atoms with Crippen LogP contribution in [-0.2, 0) is 0 Å². The zero-order valence-electron chi connectivity index (χ0n) is 10.1. The Bertz CT molecular complexity index is 535. The van der Waals surface area contributed by atoms with Crippen molar-refractivity contribution in [1.82, 2.24) is 0 Å². The minimum atomic E-state index is -4.37. The van der Waals surface area contributed by atoms with Crippen LogP contribution in [0.1, 0.15) is 18.1 Å². The second-order valence-electron chi connectivity index (χ2n) is 4.33. The van der Waals surface area contributed by atoms with E-state index in [0.29, 0.717) is 0 Å². The van der Waals surface area contributed by atoms with E-state index >= 15 is 0 Å².